The van der Waals surface area contributed by atoms with Crippen molar-refractivity contribution in [2.75, 3.05) is 11.9 Å². The van der Waals surface area contributed by atoms with Crippen LogP contribution in [0.2, 0.25) is 0 Å². The van der Waals surface area contributed by atoms with Gasteiger partial charge in [-0.3, -0.25) is 4.79 Å². The first-order chi connectivity index (χ1) is 9.35. The van der Waals surface area contributed by atoms with Gasteiger partial charge >= 0.3 is 0 Å². The van der Waals surface area contributed by atoms with Crippen LogP contribution in [0.4, 0.5) is 14.5 Å². The average molecular weight is 284 g/mol. The van der Waals surface area contributed by atoms with Crippen LogP contribution in [0.25, 0.3) is 0 Å². The predicted octanol–water partition coefficient (Wildman–Crippen LogP) is 3.56. The van der Waals surface area contributed by atoms with Crippen molar-refractivity contribution < 1.29 is 13.6 Å². The van der Waals surface area contributed by atoms with E-state index in [0.717, 1.165) is 18.6 Å². The number of halogens is 2. The highest BCUT2D eigenvalue weighted by atomic mass is 19.1. The molecule has 1 unspecified atom stereocenters. The van der Waals surface area contributed by atoms with Gasteiger partial charge in [0.05, 0.1) is 0 Å². The van der Waals surface area contributed by atoms with Crippen LogP contribution < -0.4 is 10.6 Å². The van der Waals surface area contributed by atoms with Crippen molar-refractivity contribution >= 4 is 11.6 Å². The maximum Gasteiger partial charge on any atom is 0.251 e. The maximum absolute atomic E-state index is 13.7. The Bertz CT molecular complexity index is 452. The third-order valence-corrected chi connectivity index (χ3v) is 2.86. The standard InChI is InChI=1S/C15H22F2N2O/c1-5-18-14-12(16)7-11(8-13(14)17)15(20)19-10(4)6-9(2)3/h7-10,18H,5-6H2,1-4H3,(H,19,20). The number of carbonyl (C=O) groups is 1. The van der Waals surface area contributed by atoms with Crippen LogP contribution in [0, 0.1) is 17.6 Å². The molecule has 1 aromatic carbocycles. The van der Waals surface area contributed by atoms with Crippen molar-refractivity contribution in [1.29, 1.82) is 0 Å². The zero-order valence-corrected chi connectivity index (χ0v) is 12.4. The summed E-state index contributed by atoms with van der Waals surface area (Å²) in [4.78, 5) is 11.9. The number of hydrogen-bond acceptors (Lipinski definition) is 2. The highest BCUT2D eigenvalue weighted by molar-refractivity contribution is 5.94. The minimum absolute atomic E-state index is 0.00254. The lowest BCUT2D eigenvalue weighted by Crippen LogP contribution is -2.33. The number of rotatable bonds is 6. The van der Waals surface area contributed by atoms with E-state index in [-0.39, 0.29) is 17.3 Å². The molecule has 0 aromatic heterocycles. The van der Waals surface area contributed by atoms with Gasteiger partial charge in [0.2, 0.25) is 0 Å². The fourth-order valence-corrected chi connectivity index (χ4v) is 2.12. The first-order valence-corrected chi connectivity index (χ1v) is 6.88. The molecular formula is C15H22F2N2O. The molecule has 1 atom stereocenters. The van der Waals surface area contributed by atoms with Crippen LogP contribution in [0.3, 0.4) is 0 Å². The predicted molar refractivity (Wildman–Crippen MR) is 76.9 cm³/mol. The van der Waals surface area contributed by atoms with Crippen molar-refractivity contribution in [3.05, 3.63) is 29.3 Å². The third-order valence-electron chi connectivity index (χ3n) is 2.86. The van der Waals surface area contributed by atoms with E-state index in [2.05, 4.69) is 10.6 Å². The molecule has 2 N–H and O–H groups in total. The van der Waals surface area contributed by atoms with Gasteiger partial charge in [0, 0.05) is 18.2 Å². The van der Waals surface area contributed by atoms with E-state index >= 15 is 0 Å². The Morgan fingerprint density at radius 1 is 1.20 bits per heavy atom. The summed E-state index contributed by atoms with van der Waals surface area (Å²) in [6.45, 7) is 8.12. The first kappa shape index (κ1) is 16.4. The monoisotopic (exact) mass is 284 g/mol. The fourth-order valence-electron chi connectivity index (χ4n) is 2.12. The van der Waals surface area contributed by atoms with Crippen molar-refractivity contribution in [3.63, 3.8) is 0 Å². The van der Waals surface area contributed by atoms with E-state index in [9.17, 15) is 13.6 Å². The van der Waals surface area contributed by atoms with E-state index in [1.165, 1.54) is 0 Å². The zero-order valence-electron chi connectivity index (χ0n) is 12.4. The Balaban J connectivity index is 2.84. The summed E-state index contributed by atoms with van der Waals surface area (Å²) in [5.74, 6) is -1.53. The van der Waals surface area contributed by atoms with Gasteiger partial charge in [-0.25, -0.2) is 8.78 Å². The first-order valence-electron chi connectivity index (χ1n) is 6.88. The van der Waals surface area contributed by atoms with Crippen molar-refractivity contribution in [2.24, 2.45) is 5.92 Å². The molecule has 3 nitrogen and oxygen atoms in total. The van der Waals surface area contributed by atoms with Crippen molar-refractivity contribution in [3.8, 4) is 0 Å². The van der Waals surface area contributed by atoms with Gasteiger partial charge in [-0.2, -0.15) is 0 Å². The number of benzene rings is 1. The largest absolute Gasteiger partial charge is 0.381 e. The fraction of sp³-hybridized carbons (Fsp3) is 0.533. The summed E-state index contributed by atoms with van der Waals surface area (Å²) in [6, 6.07) is 2.07. The molecule has 0 radical (unpaired) electrons. The normalized spacial score (nSPS) is 12.3. The summed E-state index contributed by atoms with van der Waals surface area (Å²) >= 11 is 0. The highest BCUT2D eigenvalue weighted by Crippen LogP contribution is 2.20. The van der Waals surface area contributed by atoms with E-state index in [4.69, 9.17) is 0 Å². The molecule has 1 amide bonds. The lowest BCUT2D eigenvalue weighted by molar-refractivity contribution is 0.0935. The van der Waals surface area contributed by atoms with Gasteiger partial charge in [-0.05, 0) is 38.3 Å². The van der Waals surface area contributed by atoms with E-state index in [0.29, 0.717) is 12.5 Å². The topological polar surface area (TPSA) is 41.1 Å². The SMILES string of the molecule is CCNc1c(F)cc(C(=O)NC(C)CC(C)C)cc1F. The van der Waals surface area contributed by atoms with Crippen molar-refractivity contribution in [2.45, 2.75) is 40.2 Å². The van der Waals surface area contributed by atoms with Crippen LogP contribution in [0.1, 0.15) is 44.5 Å². The molecule has 0 aliphatic carbocycles. The molecule has 0 bridgehead atoms. The van der Waals surface area contributed by atoms with Crippen LogP contribution in [0.15, 0.2) is 12.1 Å². The smallest absolute Gasteiger partial charge is 0.251 e. The summed E-state index contributed by atoms with van der Waals surface area (Å²) < 4.78 is 27.4. The lowest BCUT2D eigenvalue weighted by atomic mass is 10.0. The second-order valence-corrected chi connectivity index (χ2v) is 5.35. The van der Waals surface area contributed by atoms with Gasteiger partial charge in [-0.1, -0.05) is 13.8 Å². The average Bonchev–Trinajstić information content (AvgIpc) is 2.32. The van der Waals surface area contributed by atoms with Gasteiger partial charge in [-0.15, -0.1) is 0 Å². The number of nitrogens with one attached hydrogen (secondary N) is 2. The Kier molecular flexibility index (Phi) is 5.92. The van der Waals surface area contributed by atoms with Gasteiger partial charge in [0.1, 0.15) is 17.3 Å². The Hall–Kier alpha value is -1.65. The molecule has 1 rings (SSSR count). The minimum atomic E-state index is -0.756. The second-order valence-electron chi connectivity index (χ2n) is 5.35. The Morgan fingerprint density at radius 3 is 2.20 bits per heavy atom. The number of amides is 1. The van der Waals surface area contributed by atoms with Crippen LogP contribution >= 0.6 is 0 Å². The molecule has 0 aliphatic rings. The number of carbonyl (C=O) groups excluding carboxylic acids is 1. The molecule has 0 fully saturated rings. The van der Waals surface area contributed by atoms with Gasteiger partial charge in [0.15, 0.2) is 0 Å². The van der Waals surface area contributed by atoms with Crippen LogP contribution in [0.5, 0.6) is 0 Å². The van der Waals surface area contributed by atoms with Crippen LogP contribution in [-0.4, -0.2) is 18.5 Å². The second kappa shape index (κ2) is 7.22. The van der Waals surface area contributed by atoms with E-state index in [1.807, 2.05) is 20.8 Å². The maximum atomic E-state index is 13.7. The molecule has 20 heavy (non-hydrogen) atoms. The molecule has 0 saturated heterocycles. The molecular weight excluding hydrogens is 262 g/mol. The summed E-state index contributed by atoms with van der Waals surface area (Å²) in [5.41, 5.74) is -0.198. The summed E-state index contributed by atoms with van der Waals surface area (Å²) in [7, 11) is 0. The molecule has 112 valence electrons. The lowest BCUT2D eigenvalue weighted by Gasteiger charge is -2.16. The minimum Gasteiger partial charge on any atom is -0.381 e. The summed E-state index contributed by atoms with van der Waals surface area (Å²) in [6.07, 6.45) is 0.812. The molecule has 0 heterocycles. The molecule has 5 heteroatoms. The zero-order chi connectivity index (χ0) is 15.3. The highest BCUT2D eigenvalue weighted by Gasteiger charge is 2.16. The van der Waals surface area contributed by atoms with E-state index in [1.54, 1.807) is 6.92 Å². The summed E-state index contributed by atoms with van der Waals surface area (Å²) in [5, 5.41) is 5.34. The van der Waals surface area contributed by atoms with Crippen molar-refractivity contribution in [1.82, 2.24) is 5.32 Å². The molecule has 0 aliphatic heterocycles. The third kappa shape index (κ3) is 4.47. The number of hydrogen-bond donors (Lipinski definition) is 2. The van der Waals surface area contributed by atoms with Gasteiger partial charge in [0.25, 0.3) is 5.91 Å². The number of anilines is 1. The van der Waals surface area contributed by atoms with Gasteiger partial charge < -0.3 is 10.6 Å². The quantitative estimate of drug-likeness (QED) is 0.838. The molecule has 1 aromatic rings. The Morgan fingerprint density at radius 2 is 1.75 bits per heavy atom. The van der Waals surface area contributed by atoms with E-state index < -0.39 is 17.5 Å². The van der Waals surface area contributed by atoms with Crippen LogP contribution in [-0.2, 0) is 0 Å². The molecule has 0 saturated carbocycles. The molecule has 0 spiro atoms. The Labute approximate surface area is 118 Å².